The standard InChI is InChI=1S/C17H18N2S/c1-3-20-17-11-7-10-16(15(17)12-18)19-13(2)14-8-5-4-6-9-14/h4-11,13,19H,3H2,1-2H3. The number of nitrogens with one attached hydrogen (secondary N) is 1. The number of benzene rings is 2. The van der Waals surface area contributed by atoms with E-state index < -0.39 is 0 Å². The van der Waals surface area contributed by atoms with Crippen molar-refractivity contribution in [3.8, 4) is 6.07 Å². The summed E-state index contributed by atoms with van der Waals surface area (Å²) in [6, 6.07) is 18.7. The molecule has 1 atom stereocenters. The van der Waals surface area contributed by atoms with Gasteiger partial charge in [-0.3, -0.25) is 0 Å². The number of hydrogen-bond donors (Lipinski definition) is 1. The highest BCUT2D eigenvalue weighted by molar-refractivity contribution is 7.99. The molecule has 20 heavy (non-hydrogen) atoms. The van der Waals surface area contributed by atoms with Crippen molar-refractivity contribution in [1.82, 2.24) is 0 Å². The third-order valence-electron chi connectivity index (χ3n) is 3.11. The molecule has 2 rings (SSSR count). The Morgan fingerprint density at radius 1 is 1.15 bits per heavy atom. The molecule has 0 saturated heterocycles. The molecule has 3 heteroatoms. The van der Waals surface area contributed by atoms with Gasteiger partial charge in [0.2, 0.25) is 0 Å². The first-order valence-corrected chi connectivity index (χ1v) is 7.72. The van der Waals surface area contributed by atoms with Gasteiger partial charge in [0.1, 0.15) is 6.07 Å². The van der Waals surface area contributed by atoms with E-state index in [0.717, 1.165) is 21.9 Å². The minimum atomic E-state index is 0.171. The highest BCUT2D eigenvalue weighted by Gasteiger charge is 2.11. The number of rotatable bonds is 5. The van der Waals surface area contributed by atoms with Crippen LogP contribution in [0, 0.1) is 11.3 Å². The van der Waals surface area contributed by atoms with Gasteiger partial charge in [0, 0.05) is 10.9 Å². The lowest BCUT2D eigenvalue weighted by molar-refractivity contribution is 0.883. The second-order valence-electron chi connectivity index (χ2n) is 4.50. The molecule has 2 aromatic rings. The maximum Gasteiger partial charge on any atom is 0.102 e. The van der Waals surface area contributed by atoms with Crippen molar-refractivity contribution in [3.63, 3.8) is 0 Å². The van der Waals surface area contributed by atoms with Crippen LogP contribution in [0.25, 0.3) is 0 Å². The average molecular weight is 282 g/mol. The highest BCUT2D eigenvalue weighted by atomic mass is 32.2. The lowest BCUT2D eigenvalue weighted by Gasteiger charge is -2.17. The number of hydrogen-bond acceptors (Lipinski definition) is 3. The van der Waals surface area contributed by atoms with Gasteiger partial charge in [-0.05, 0) is 30.4 Å². The van der Waals surface area contributed by atoms with E-state index in [1.807, 2.05) is 36.4 Å². The van der Waals surface area contributed by atoms with Crippen molar-refractivity contribution < 1.29 is 0 Å². The van der Waals surface area contributed by atoms with Gasteiger partial charge in [0.15, 0.2) is 0 Å². The van der Waals surface area contributed by atoms with E-state index in [1.165, 1.54) is 5.56 Å². The lowest BCUT2D eigenvalue weighted by Crippen LogP contribution is -2.08. The molecule has 2 nitrogen and oxygen atoms in total. The van der Waals surface area contributed by atoms with Crippen molar-refractivity contribution in [2.24, 2.45) is 0 Å². The average Bonchev–Trinajstić information content (AvgIpc) is 2.49. The van der Waals surface area contributed by atoms with E-state index in [0.29, 0.717) is 0 Å². The van der Waals surface area contributed by atoms with Crippen LogP contribution >= 0.6 is 11.8 Å². The normalized spacial score (nSPS) is 11.7. The van der Waals surface area contributed by atoms with Gasteiger partial charge in [0.25, 0.3) is 0 Å². The van der Waals surface area contributed by atoms with Crippen molar-refractivity contribution in [2.75, 3.05) is 11.1 Å². The third kappa shape index (κ3) is 3.34. The zero-order chi connectivity index (χ0) is 14.4. The fraction of sp³-hybridized carbons (Fsp3) is 0.235. The zero-order valence-electron chi connectivity index (χ0n) is 11.8. The molecular weight excluding hydrogens is 264 g/mol. The molecule has 2 aromatic carbocycles. The summed E-state index contributed by atoms with van der Waals surface area (Å²) in [6.45, 7) is 4.20. The van der Waals surface area contributed by atoms with Crippen molar-refractivity contribution in [1.29, 1.82) is 5.26 Å². The van der Waals surface area contributed by atoms with Crippen LogP contribution in [0.15, 0.2) is 53.4 Å². The van der Waals surface area contributed by atoms with Crippen LogP contribution in [-0.2, 0) is 0 Å². The van der Waals surface area contributed by atoms with E-state index in [1.54, 1.807) is 11.8 Å². The molecule has 1 N–H and O–H groups in total. The zero-order valence-corrected chi connectivity index (χ0v) is 12.6. The number of thioether (sulfide) groups is 1. The van der Waals surface area contributed by atoms with E-state index in [9.17, 15) is 5.26 Å². The van der Waals surface area contributed by atoms with Crippen LogP contribution in [0.2, 0.25) is 0 Å². The quantitative estimate of drug-likeness (QED) is 0.797. The lowest BCUT2D eigenvalue weighted by atomic mass is 10.1. The van der Waals surface area contributed by atoms with Crippen LogP contribution in [0.4, 0.5) is 5.69 Å². The number of nitrogens with zero attached hydrogens (tertiary/aromatic N) is 1. The van der Waals surface area contributed by atoms with Gasteiger partial charge < -0.3 is 5.32 Å². The highest BCUT2D eigenvalue weighted by Crippen LogP contribution is 2.30. The van der Waals surface area contributed by atoms with Gasteiger partial charge in [-0.25, -0.2) is 0 Å². The SMILES string of the molecule is CCSc1cccc(NC(C)c2ccccc2)c1C#N. The molecule has 0 radical (unpaired) electrons. The van der Waals surface area contributed by atoms with E-state index >= 15 is 0 Å². The predicted molar refractivity (Wildman–Crippen MR) is 86.0 cm³/mol. The Kier molecular flexibility index (Phi) is 5.09. The van der Waals surface area contributed by atoms with Crippen LogP contribution in [0.5, 0.6) is 0 Å². The molecule has 0 aliphatic heterocycles. The Bertz CT molecular complexity index is 602. The molecule has 0 aromatic heterocycles. The number of nitriles is 1. The fourth-order valence-electron chi connectivity index (χ4n) is 2.10. The Hall–Kier alpha value is -1.92. The molecule has 1 unspecified atom stereocenters. The molecule has 0 aliphatic rings. The Labute approximate surface area is 124 Å². The summed E-state index contributed by atoms with van der Waals surface area (Å²) < 4.78 is 0. The molecule has 102 valence electrons. The largest absolute Gasteiger partial charge is 0.377 e. The molecule has 0 heterocycles. The van der Waals surface area contributed by atoms with Gasteiger partial charge in [0.05, 0.1) is 11.3 Å². The van der Waals surface area contributed by atoms with Crippen molar-refractivity contribution in [3.05, 3.63) is 59.7 Å². The van der Waals surface area contributed by atoms with Gasteiger partial charge >= 0.3 is 0 Å². The van der Waals surface area contributed by atoms with E-state index in [2.05, 4.69) is 37.4 Å². The molecule has 0 fully saturated rings. The van der Waals surface area contributed by atoms with Gasteiger partial charge in [-0.1, -0.05) is 43.3 Å². The van der Waals surface area contributed by atoms with Gasteiger partial charge in [-0.2, -0.15) is 5.26 Å². The topological polar surface area (TPSA) is 35.8 Å². The molecule has 0 saturated carbocycles. The monoisotopic (exact) mass is 282 g/mol. The Morgan fingerprint density at radius 3 is 2.55 bits per heavy atom. The van der Waals surface area contributed by atoms with Gasteiger partial charge in [-0.15, -0.1) is 11.8 Å². The smallest absolute Gasteiger partial charge is 0.102 e. The second kappa shape index (κ2) is 7.02. The molecular formula is C17H18N2S. The van der Waals surface area contributed by atoms with Crippen LogP contribution in [0.3, 0.4) is 0 Å². The summed E-state index contributed by atoms with van der Waals surface area (Å²) in [7, 11) is 0. The summed E-state index contributed by atoms with van der Waals surface area (Å²) in [5, 5.41) is 12.8. The van der Waals surface area contributed by atoms with Crippen LogP contribution in [0.1, 0.15) is 31.0 Å². The van der Waals surface area contributed by atoms with Crippen LogP contribution in [-0.4, -0.2) is 5.75 Å². The van der Waals surface area contributed by atoms with Crippen molar-refractivity contribution in [2.45, 2.75) is 24.8 Å². The Balaban J connectivity index is 2.25. The first kappa shape index (κ1) is 14.5. The van der Waals surface area contributed by atoms with Crippen molar-refractivity contribution >= 4 is 17.4 Å². The summed E-state index contributed by atoms with van der Waals surface area (Å²) in [5.41, 5.74) is 2.86. The predicted octanol–water partition coefficient (Wildman–Crippen LogP) is 4.84. The van der Waals surface area contributed by atoms with E-state index in [-0.39, 0.29) is 6.04 Å². The Morgan fingerprint density at radius 2 is 1.90 bits per heavy atom. The molecule has 0 aliphatic carbocycles. The summed E-state index contributed by atoms with van der Waals surface area (Å²) >= 11 is 1.70. The molecule has 0 spiro atoms. The second-order valence-corrected chi connectivity index (χ2v) is 5.81. The maximum atomic E-state index is 9.41. The minimum Gasteiger partial charge on any atom is -0.377 e. The maximum absolute atomic E-state index is 9.41. The van der Waals surface area contributed by atoms with E-state index in [4.69, 9.17) is 0 Å². The fourth-order valence-corrected chi connectivity index (χ4v) is 2.89. The summed E-state index contributed by atoms with van der Waals surface area (Å²) in [4.78, 5) is 1.04. The molecule has 0 amide bonds. The first-order chi connectivity index (χ1) is 9.76. The summed E-state index contributed by atoms with van der Waals surface area (Å²) in [6.07, 6.45) is 0. The number of anilines is 1. The first-order valence-electron chi connectivity index (χ1n) is 6.73. The van der Waals surface area contributed by atoms with Crippen LogP contribution < -0.4 is 5.32 Å². The minimum absolute atomic E-state index is 0.171. The third-order valence-corrected chi connectivity index (χ3v) is 4.05. The summed E-state index contributed by atoms with van der Waals surface area (Å²) in [5.74, 6) is 0.965. The molecule has 0 bridgehead atoms.